The Morgan fingerprint density at radius 1 is 1.00 bits per heavy atom. The molecule has 0 saturated heterocycles. The van der Waals surface area contributed by atoms with Gasteiger partial charge in [0.2, 0.25) is 5.60 Å². The quantitative estimate of drug-likeness (QED) is 0.570. The van der Waals surface area contributed by atoms with Gasteiger partial charge >= 0.3 is 5.97 Å². The first-order valence-corrected chi connectivity index (χ1v) is 7.46. The van der Waals surface area contributed by atoms with Gasteiger partial charge in [0.1, 0.15) is 11.5 Å². The van der Waals surface area contributed by atoms with Gasteiger partial charge in [0.15, 0.2) is 0 Å². The van der Waals surface area contributed by atoms with Crippen molar-refractivity contribution in [2.75, 3.05) is 0 Å². The van der Waals surface area contributed by atoms with Gasteiger partial charge in [-0.15, -0.1) is 0 Å². The van der Waals surface area contributed by atoms with Crippen molar-refractivity contribution in [1.29, 1.82) is 0 Å². The summed E-state index contributed by atoms with van der Waals surface area (Å²) in [7, 11) is 0. The number of benzene rings is 2. The zero-order chi connectivity index (χ0) is 15.5. The van der Waals surface area contributed by atoms with Crippen LogP contribution >= 0.6 is 27.5 Å². The number of rotatable bonds is 4. The number of carbonyl (C=O) groups is 1. The molecule has 0 spiro atoms. The molecule has 0 aliphatic rings. The van der Waals surface area contributed by atoms with Crippen molar-refractivity contribution in [3.8, 4) is 11.5 Å². The molecule has 2 rings (SSSR count). The lowest BCUT2D eigenvalue weighted by Crippen LogP contribution is -2.41. The number of ether oxygens (including phenoxy) is 2. The van der Waals surface area contributed by atoms with E-state index in [0.29, 0.717) is 16.5 Å². The molecule has 0 heterocycles. The summed E-state index contributed by atoms with van der Waals surface area (Å²) in [6.07, 6.45) is 0. The number of hydrogen-bond donors (Lipinski definition) is 0. The van der Waals surface area contributed by atoms with Gasteiger partial charge in [-0.1, -0.05) is 27.5 Å². The van der Waals surface area contributed by atoms with Crippen LogP contribution in [0, 0.1) is 0 Å². The Kier molecular flexibility index (Phi) is 4.91. The molecule has 0 N–H and O–H groups in total. The Bertz CT molecular complexity index is 621. The normalized spacial score (nSPS) is 11.0. The average molecular weight is 370 g/mol. The standard InChI is InChI=1S/C16H14BrClO3/c1-16(2,21-14-9-5-12(18)6-10-14)15(19)20-13-7-3-11(17)4-8-13/h3-10H,1-2H3. The molecular weight excluding hydrogens is 356 g/mol. The SMILES string of the molecule is CC(C)(Oc1ccc(Cl)cc1)C(=O)Oc1ccc(Br)cc1. The molecule has 5 heteroatoms. The van der Waals surface area contributed by atoms with Crippen LogP contribution in [-0.4, -0.2) is 11.6 Å². The molecule has 0 bridgehead atoms. The van der Waals surface area contributed by atoms with Gasteiger partial charge in [-0.2, -0.15) is 0 Å². The van der Waals surface area contributed by atoms with Gasteiger partial charge in [-0.3, -0.25) is 0 Å². The first kappa shape index (κ1) is 15.9. The number of halogens is 2. The molecule has 2 aromatic carbocycles. The molecule has 0 atom stereocenters. The first-order chi connectivity index (χ1) is 9.87. The summed E-state index contributed by atoms with van der Waals surface area (Å²) in [6.45, 7) is 3.31. The third kappa shape index (κ3) is 4.48. The Hall–Kier alpha value is -1.52. The van der Waals surface area contributed by atoms with E-state index in [1.165, 1.54) is 0 Å². The van der Waals surface area contributed by atoms with Crippen LogP contribution in [0.3, 0.4) is 0 Å². The van der Waals surface area contributed by atoms with Crippen molar-refractivity contribution in [2.45, 2.75) is 19.4 Å². The van der Waals surface area contributed by atoms with E-state index in [2.05, 4.69) is 15.9 Å². The van der Waals surface area contributed by atoms with E-state index >= 15 is 0 Å². The summed E-state index contributed by atoms with van der Waals surface area (Å²) in [4.78, 5) is 12.2. The van der Waals surface area contributed by atoms with Crippen LogP contribution in [-0.2, 0) is 4.79 Å². The molecule has 0 aliphatic carbocycles. The molecule has 0 aliphatic heterocycles. The van der Waals surface area contributed by atoms with Crippen molar-refractivity contribution in [3.05, 3.63) is 58.0 Å². The second-order valence-electron chi connectivity index (χ2n) is 4.91. The van der Waals surface area contributed by atoms with Crippen LogP contribution in [0.4, 0.5) is 0 Å². The fourth-order valence-corrected chi connectivity index (χ4v) is 1.96. The summed E-state index contributed by atoms with van der Waals surface area (Å²) in [5.74, 6) is 0.549. The van der Waals surface area contributed by atoms with Crippen LogP contribution in [0.5, 0.6) is 11.5 Å². The molecule has 21 heavy (non-hydrogen) atoms. The Labute approximate surface area is 137 Å². The van der Waals surface area contributed by atoms with E-state index < -0.39 is 11.6 Å². The van der Waals surface area contributed by atoms with Crippen molar-refractivity contribution in [3.63, 3.8) is 0 Å². The van der Waals surface area contributed by atoms with Crippen molar-refractivity contribution in [1.82, 2.24) is 0 Å². The van der Waals surface area contributed by atoms with Crippen LogP contribution < -0.4 is 9.47 Å². The number of hydrogen-bond acceptors (Lipinski definition) is 3. The predicted molar refractivity (Wildman–Crippen MR) is 85.9 cm³/mol. The lowest BCUT2D eigenvalue weighted by Gasteiger charge is -2.24. The second kappa shape index (κ2) is 6.50. The monoisotopic (exact) mass is 368 g/mol. The van der Waals surface area contributed by atoms with Crippen LogP contribution in [0.15, 0.2) is 53.0 Å². The molecule has 0 saturated carbocycles. The predicted octanol–water partition coefficient (Wildman–Crippen LogP) is 4.87. The highest BCUT2D eigenvalue weighted by Gasteiger charge is 2.32. The summed E-state index contributed by atoms with van der Waals surface area (Å²) in [5, 5.41) is 0.609. The van der Waals surface area contributed by atoms with E-state index in [4.69, 9.17) is 21.1 Å². The average Bonchev–Trinajstić information content (AvgIpc) is 2.43. The highest BCUT2D eigenvalue weighted by Crippen LogP contribution is 2.23. The highest BCUT2D eigenvalue weighted by molar-refractivity contribution is 9.10. The van der Waals surface area contributed by atoms with Gasteiger partial charge in [-0.05, 0) is 62.4 Å². The molecule has 0 amide bonds. The zero-order valence-corrected chi connectivity index (χ0v) is 13.9. The molecule has 3 nitrogen and oxygen atoms in total. The van der Waals surface area contributed by atoms with E-state index in [-0.39, 0.29) is 0 Å². The number of carbonyl (C=O) groups excluding carboxylic acids is 1. The maximum absolute atomic E-state index is 12.2. The third-order valence-corrected chi connectivity index (χ3v) is 3.48. The molecular formula is C16H14BrClO3. The minimum Gasteiger partial charge on any atom is -0.476 e. The van der Waals surface area contributed by atoms with Gasteiger partial charge in [0.05, 0.1) is 0 Å². The van der Waals surface area contributed by atoms with Gasteiger partial charge < -0.3 is 9.47 Å². The summed E-state index contributed by atoms with van der Waals surface area (Å²) in [5.41, 5.74) is -1.11. The van der Waals surface area contributed by atoms with Crippen molar-refractivity contribution < 1.29 is 14.3 Å². The smallest absolute Gasteiger partial charge is 0.355 e. The number of esters is 1. The van der Waals surface area contributed by atoms with E-state index in [0.717, 1.165) is 4.47 Å². The van der Waals surface area contributed by atoms with Crippen LogP contribution in [0.1, 0.15) is 13.8 Å². The molecule has 0 fully saturated rings. The first-order valence-electron chi connectivity index (χ1n) is 6.29. The molecule has 0 radical (unpaired) electrons. The maximum atomic E-state index is 12.2. The molecule has 0 unspecified atom stereocenters. The largest absolute Gasteiger partial charge is 0.476 e. The Morgan fingerprint density at radius 3 is 2.10 bits per heavy atom. The highest BCUT2D eigenvalue weighted by atomic mass is 79.9. The van der Waals surface area contributed by atoms with Crippen LogP contribution in [0.25, 0.3) is 0 Å². The molecule has 2 aromatic rings. The van der Waals surface area contributed by atoms with Crippen molar-refractivity contribution >= 4 is 33.5 Å². The van der Waals surface area contributed by atoms with Gasteiger partial charge in [-0.25, -0.2) is 4.79 Å². The minimum atomic E-state index is -1.11. The third-order valence-electron chi connectivity index (χ3n) is 2.70. The lowest BCUT2D eigenvalue weighted by molar-refractivity contribution is -0.149. The summed E-state index contributed by atoms with van der Waals surface area (Å²) >= 11 is 9.14. The zero-order valence-electron chi connectivity index (χ0n) is 11.6. The van der Waals surface area contributed by atoms with E-state index in [1.54, 1.807) is 62.4 Å². The Balaban J connectivity index is 2.05. The summed E-state index contributed by atoms with van der Waals surface area (Å²) < 4.78 is 11.9. The van der Waals surface area contributed by atoms with Gasteiger partial charge in [0, 0.05) is 9.50 Å². The minimum absolute atomic E-state index is 0.469. The fraction of sp³-hybridized carbons (Fsp3) is 0.188. The van der Waals surface area contributed by atoms with Gasteiger partial charge in [0.25, 0.3) is 0 Å². The van der Waals surface area contributed by atoms with E-state index in [9.17, 15) is 4.79 Å². The maximum Gasteiger partial charge on any atom is 0.355 e. The topological polar surface area (TPSA) is 35.5 Å². The summed E-state index contributed by atoms with van der Waals surface area (Å²) in [6, 6.07) is 13.8. The lowest BCUT2D eigenvalue weighted by atomic mass is 10.1. The van der Waals surface area contributed by atoms with Crippen molar-refractivity contribution in [2.24, 2.45) is 0 Å². The molecule has 110 valence electrons. The van der Waals surface area contributed by atoms with E-state index in [1.807, 2.05) is 0 Å². The Morgan fingerprint density at radius 2 is 1.52 bits per heavy atom. The molecule has 0 aromatic heterocycles. The fourth-order valence-electron chi connectivity index (χ4n) is 1.57. The van der Waals surface area contributed by atoms with Crippen LogP contribution in [0.2, 0.25) is 5.02 Å². The second-order valence-corrected chi connectivity index (χ2v) is 6.26.